The second-order valence-electron chi connectivity index (χ2n) is 4.15. The molecule has 0 aromatic carbocycles. The molecule has 0 aliphatic heterocycles. The number of H-pyrrole nitrogens is 1. The fourth-order valence-electron chi connectivity index (χ4n) is 1.29. The van der Waals surface area contributed by atoms with E-state index in [-0.39, 0.29) is 18.9 Å². The molecule has 0 aliphatic rings. The van der Waals surface area contributed by atoms with E-state index in [4.69, 9.17) is 15.9 Å². The molecular weight excluding hydrogens is 224 g/mol. The van der Waals surface area contributed by atoms with E-state index in [0.717, 1.165) is 0 Å². The van der Waals surface area contributed by atoms with E-state index in [0.29, 0.717) is 17.8 Å². The molecule has 6 N–H and O–H groups in total. The summed E-state index contributed by atoms with van der Waals surface area (Å²) in [7, 11) is 0. The number of nitrogens with zero attached hydrogens (tertiary/aromatic N) is 1. The van der Waals surface area contributed by atoms with Crippen LogP contribution < -0.4 is 11.1 Å². The first-order valence-electron chi connectivity index (χ1n) is 5.34. The van der Waals surface area contributed by atoms with Crippen LogP contribution in [0.1, 0.15) is 30.0 Å². The van der Waals surface area contributed by atoms with E-state index in [2.05, 4.69) is 15.5 Å². The lowest BCUT2D eigenvalue weighted by atomic mass is 10.1. The van der Waals surface area contributed by atoms with Crippen LogP contribution >= 0.6 is 0 Å². The fraction of sp³-hybridized carbons (Fsp3) is 0.600. The summed E-state index contributed by atoms with van der Waals surface area (Å²) in [6.07, 6.45) is 0.642. The van der Waals surface area contributed by atoms with Crippen LogP contribution in [0.5, 0.6) is 0 Å². The van der Waals surface area contributed by atoms with Crippen molar-refractivity contribution in [1.29, 1.82) is 0 Å². The lowest BCUT2D eigenvalue weighted by molar-refractivity contribution is 0.0720. The largest absolute Gasteiger partial charge is 0.395 e. The Labute approximate surface area is 99.0 Å². The van der Waals surface area contributed by atoms with Gasteiger partial charge >= 0.3 is 0 Å². The molecule has 7 nitrogen and oxygen atoms in total. The molecule has 1 aromatic rings. The van der Waals surface area contributed by atoms with Gasteiger partial charge in [-0.05, 0) is 13.3 Å². The third-order valence-electron chi connectivity index (χ3n) is 2.56. The van der Waals surface area contributed by atoms with Crippen LogP contribution in [0, 0.1) is 0 Å². The molecule has 0 spiro atoms. The standard InChI is InChI=1S/C10H18N4O3/c1-3-6-7(11)8(14-13-6)9(17)12-10(2,4-15)5-16/h15-16H,3-5,11H2,1-2H3,(H,12,17)(H,13,14). The molecule has 96 valence electrons. The lowest BCUT2D eigenvalue weighted by Gasteiger charge is -2.25. The second kappa shape index (κ2) is 5.15. The first-order valence-corrected chi connectivity index (χ1v) is 5.34. The quantitative estimate of drug-likeness (QED) is 0.454. The highest BCUT2D eigenvalue weighted by Crippen LogP contribution is 2.15. The van der Waals surface area contributed by atoms with E-state index in [1.165, 1.54) is 6.92 Å². The summed E-state index contributed by atoms with van der Waals surface area (Å²) in [5.74, 6) is -0.524. The molecule has 7 heteroatoms. The highest BCUT2D eigenvalue weighted by molar-refractivity contribution is 5.98. The number of hydrogen-bond acceptors (Lipinski definition) is 5. The van der Waals surface area contributed by atoms with Gasteiger partial charge in [0.05, 0.1) is 30.1 Å². The number of nitrogens with two attached hydrogens (primary N) is 1. The van der Waals surface area contributed by atoms with Gasteiger partial charge in [0.15, 0.2) is 5.69 Å². The first kappa shape index (κ1) is 13.5. The van der Waals surface area contributed by atoms with Crippen molar-refractivity contribution in [2.75, 3.05) is 18.9 Å². The van der Waals surface area contributed by atoms with Gasteiger partial charge in [0.25, 0.3) is 5.91 Å². The number of nitrogen functional groups attached to an aromatic ring is 1. The Bertz CT molecular complexity index is 398. The molecule has 1 aromatic heterocycles. The topological polar surface area (TPSA) is 124 Å². The van der Waals surface area contributed by atoms with Crippen LogP contribution in [0.4, 0.5) is 5.69 Å². The number of aromatic amines is 1. The van der Waals surface area contributed by atoms with Gasteiger partial charge < -0.3 is 21.3 Å². The highest BCUT2D eigenvalue weighted by atomic mass is 16.3. The minimum absolute atomic E-state index is 0.0787. The number of aromatic nitrogens is 2. The van der Waals surface area contributed by atoms with Crippen molar-refractivity contribution in [2.24, 2.45) is 0 Å². The molecule has 1 rings (SSSR count). The van der Waals surface area contributed by atoms with Crippen LogP contribution in [0.2, 0.25) is 0 Å². The van der Waals surface area contributed by atoms with Crippen LogP contribution in [0.25, 0.3) is 0 Å². The number of anilines is 1. The summed E-state index contributed by atoms with van der Waals surface area (Å²) in [6.45, 7) is 2.66. The minimum Gasteiger partial charge on any atom is -0.395 e. The Morgan fingerprint density at radius 3 is 2.53 bits per heavy atom. The van der Waals surface area contributed by atoms with Crippen molar-refractivity contribution < 1.29 is 15.0 Å². The van der Waals surface area contributed by atoms with E-state index < -0.39 is 11.4 Å². The molecule has 0 bridgehead atoms. The second-order valence-corrected chi connectivity index (χ2v) is 4.15. The van der Waals surface area contributed by atoms with Gasteiger partial charge in [0.1, 0.15) is 0 Å². The summed E-state index contributed by atoms with van der Waals surface area (Å²) in [6, 6.07) is 0. The number of amides is 1. The third-order valence-corrected chi connectivity index (χ3v) is 2.56. The number of hydrogen-bond donors (Lipinski definition) is 5. The van der Waals surface area contributed by atoms with E-state index in [1.807, 2.05) is 6.92 Å². The van der Waals surface area contributed by atoms with Crippen molar-refractivity contribution >= 4 is 11.6 Å². The lowest BCUT2D eigenvalue weighted by Crippen LogP contribution is -2.51. The predicted molar refractivity (Wildman–Crippen MR) is 62.4 cm³/mol. The molecule has 0 atom stereocenters. The molecule has 0 aliphatic carbocycles. The SMILES string of the molecule is CCc1[nH]nc(C(=O)NC(C)(CO)CO)c1N. The van der Waals surface area contributed by atoms with Crippen molar-refractivity contribution in [3.8, 4) is 0 Å². The summed E-state index contributed by atoms with van der Waals surface area (Å²) < 4.78 is 0. The highest BCUT2D eigenvalue weighted by Gasteiger charge is 2.27. The van der Waals surface area contributed by atoms with E-state index in [9.17, 15) is 4.79 Å². The third kappa shape index (κ3) is 2.75. The maximum Gasteiger partial charge on any atom is 0.274 e. The number of carbonyl (C=O) groups excluding carboxylic acids is 1. The maximum absolute atomic E-state index is 11.8. The first-order chi connectivity index (χ1) is 7.97. The number of aliphatic hydroxyl groups excluding tert-OH is 2. The Hall–Kier alpha value is -1.60. The summed E-state index contributed by atoms with van der Waals surface area (Å²) in [5, 5.41) is 27.1. The van der Waals surface area contributed by atoms with Gasteiger partial charge in [0.2, 0.25) is 0 Å². The molecule has 0 fully saturated rings. The molecule has 0 saturated heterocycles. The summed E-state index contributed by atoms with van der Waals surface area (Å²) >= 11 is 0. The van der Waals surface area contributed by atoms with E-state index in [1.54, 1.807) is 0 Å². The zero-order valence-electron chi connectivity index (χ0n) is 9.95. The van der Waals surface area contributed by atoms with Gasteiger partial charge in [-0.15, -0.1) is 0 Å². The zero-order chi connectivity index (χ0) is 13.1. The average Bonchev–Trinajstić information content (AvgIpc) is 2.70. The number of nitrogens with one attached hydrogen (secondary N) is 2. The van der Waals surface area contributed by atoms with Crippen LogP contribution in [-0.4, -0.2) is 45.1 Å². The van der Waals surface area contributed by atoms with Crippen LogP contribution in [0.15, 0.2) is 0 Å². The number of aliphatic hydroxyl groups is 2. The van der Waals surface area contributed by atoms with E-state index >= 15 is 0 Å². The van der Waals surface area contributed by atoms with Crippen LogP contribution in [-0.2, 0) is 6.42 Å². The molecule has 0 radical (unpaired) electrons. The Balaban J connectivity index is 2.86. The molecule has 0 saturated carbocycles. The smallest absolute Gasteiger partial charge is 0.274 e. The average molecular weight is 242 g/mol. The van der Waals surface area contributed by atoms with Crippen molar-refractivity contribution in [3.05, 3.63) is 11.4 Å². The fourth-order valence-corrected chi connectivity index (χ4v) is 1.29. The maximum atomic E-state index is 11.8. The minimum atomic E-state index is -1.09. The van der Waals surface area contributed by atoms with Crippen molar-refractivity contribution in [3.63, 3.8) is 0 Å². The molecule has 1 heterocycles. The monoisotopic (exact) mass is 242 g/mol. The molecule has 0 unspecified atom stereocenters. The van der Waals surface area contributed by atoms with Gasteiger partial charge in [-0.3, -0.25) is 9.89 Å². The number of carbonyl (C=O) groups is 1. The van der Waals surface area contributed by atoms with Crippen LogP contribution in [0.3, 0.4) is 0 Å². The van der Waals surface area contributed by atoms with Crippen molar-refractivity contribution in [2.45, 2.75) is 25.8 Å². The zero-order valence-corrected chi connectivity index (χ0v) is 9.95. The number of rotatable bonds is 5. The van der Waals surface area contributed by atoms with Gasteiger partial charge in [-0.25, -0.2) is 0 Å². The van der Waals surface area contributed by atoms with Crippen molar-refractivity contribution in [1.82, 2.24) is 15.5 Å². The molecule has 17 heavy (non-hydrogen) atoms. The summed E-state index contributed by atoms with van der Waals surface area (Å²) in [5.41, 5.74) is 5.71. The Kier molecular flexibility index (Phi) is 4.08. The molecular formula is C10H18N4O3. The predicted octanol–water partition coefficient (Wildman–Crippen LogP) is -0.973. The van der Waals surface area contributed by atoms with Gasteiger partial charge in [-0.1, -0.05) is 6.92 Å². The Morgan fingerprint density at radius 2 is 2.12 bits per heavy atom. The normalized spacial score (nSPS) is 11.5. The molecule has 1 amide bonds. The van der Waals surface area contributed by atoms with Gasteiger partial charge in [-0.2, -0.15) is 5.10 Å². The summed E-state index contributed by atoms with van der Waals surface area (Å²) in [4.78, 5) is 11.8. The Morgan fingerprint density at radius 1 is 1.53 bits per heavy atom. The number of aryl methyl sites for hydroxylation is 1. The van der Waals surface area contributed by atoms with Gasteiger partial charge in [0, 0.05) is 0 Å².